The summed E-state index contributed by atoms with van der Waals surface area (Å²) in [6.45, 7) is 10.4. The first-order valence-corrected chi connectivity index (χ1v) is 9.57. The fourth-order valence-electron chi connectivity index (χ4n) is 3.65. The van der Waals surface area contributed by atoms with Crippen LogP contribution >= 0.6 is 0 Å². The number of amides is 1. The molecule has 1 fully saturated rings. The van der Waals surface area contributed by atoms with E-state index >= 15 is 0 Å². The maximum atomic E-state index is 12.8. The minimum absolute atomic E-state index is 0.0362. The molecule has 0 aliphatic carbocycles. The number of likely N-dealkylation sites (tertiary alicyclic amines) is 1. The van der Waals surface area contributed by atoms with Crippen molar-refractivity contribution in [2.45, 2.75) is 46.5 Å². The predicted octanol–water partition coefficient (Wildman–Crippen LogP) is 5.13. The van der Waals surface area contributed by atoms with Gasteiger partial charge in [0.1, 0.15) is 5.69 Å². The lowest BCUT2D eigenvalue weighted by molar-refractivity contribution is 0.0677. The van der Waals surface area contributed by atoms with Gasteiger partial charge in [0, 0.05) is 30.7 Å². The Bertz CT molecular complexity index is 785. The van der Waals surface area contributed by atoms with E-state index in [9.17, 15) is 4.79 Å². The van der Waals surface area contributed by atoms with E-state index in [4.69, 9.17) is 0 Å². The third kappa shape index (κ3) is 4.06. The van der Waals surface area contributed by atoms with Crippen molar-refractivity contribution in [3.8, 4) is 0 Å². The van der Waals surface area contributed by atoms with Gasteiger partial charge in [0.05, 0.1) is 0 Å². The number of carbonyl (C=O) groups excluding carboxylic acids is 1. The van der Waals surface area contributed by atoms with E-state index in [0.717, 1.165) is 30.9 Å². The second kappa shape index (κ2) is 7.90. The fraction of sp³-hybridized carbons (Fsp3) is 0.455. The van der Waals surface area contributed by atoms with Gasteiger partial charge in [-0.05, 0) is 54.9 Å². The van der Waals surface area contributed by atoms with Crippen LogP contribution in [0, 0.1) is 12.8 Å². The van der Waals surface area contributed by atoms with Gasteiger partial charge in [0.25, 0.3) is 5.91 Å². The number of rotatable bonds is 4. The Morgan fingerprint density at radius 1 is 1.31 bits per heavy atom. The van der Waals surface area contributed by atoms with Crippen molar-refractivity contribution >= 4 is 17.3 Å². The van der Waals surface area contributed by atoms with E-state index in [1.807, 2.05) is 17.0 Å². The quantitative estimate of drug-likeness (QED) is 0.830. The molecule has 0 bridgehead atoms. The third-order valence-corrected chi connectivity index (χ3v) is 5.12. The van der Waals surface area contributed by atoms with Crippen LogP contribution in [0.15, 0.2) is 36.5 Å². The summed E-state index contributed by atoms with van der Waals surface area (Å²) in [5.74, 6) is 1.03. The molecule has 138 valence electrons. The van der Waals surface area contributed by atoms with Crippen LogP contribution in [-0.2, 0) is 0 Å². The molecular formula is C22H29N3O. The molecule has 26 heavy (non-hydrogen) atoms. The summed E-state index contributed by atoms with van der Waals surface area (Å²) in [5, 5.41) is 3.52. The second-order valence-corrected chi connectivity index (χ2v) is 7.75. The Labute approximate surface area is 156 Å². The van der Waals surface area contributed by atoms with Crippen LogP contribution in [0.5, 0.6) is 0 Å². The van der Waals surface area contributed by atoms with Crippen molar-refractivity contribution in [3.05, 3.63) is 53.3 Å². The van der Waals surface area contributed by atoms with Crippen LogP contribution in [-0.4, -0.2) is 28.9 Å². The van der Waals surface area contributed by atoms with Crippen molar-refractivity contribution in [1.82, 2.24) is 9.88 Å². The predicted molar refractivity (Wildman–Crippen MR) is 107 cm³/mol. The molecule has 3 rings (SSSR count). The van der Waals surface area contributed by atoms with Crippen molar-refractivity contribution in [1.29, 1.82) is 0 Å². The number of nitrogens with zero attached hydrogens (tertiary/aromatic N) is 2. The molecule has 1 unspecified atom stereocenters. The zero-order valence-electron chi connectivity index (χ0n) is 16.2. The van der Waals surface area contributed by atoms with E-state index < -0.39 is 0 Å². The largest absolute Gasteiger partial charge is 0.355 e. The van der Waals surface area contributed by atoms with Crippen molar-refractivity contribution in [2.75, 3.05) is 18.4 Å². The lowest BCUT2D eigenvalue weighted by atomic mass is 9.98. The van der Waals surface area contributed by atoms with Crippen molar-refractivity contribution in [3.63, 3.8) is 0 Å². The van der Waals surface area contributed by atoms with Gasteiger partial charge in [-0.3, -0.25) is 9.78 Å². The summed E-state index contributed by atoms with van der Waals surface area (Å²) in [6, 6.07) is 10.2. The topological polar surface area (TPSA) is 45.2 Å². The van der Waals surface area contributed by atoms with E-state index in [0.29, 0.717) is 17.5 Å². The van der Waals surface area contributed by atoms with Gasteiger partial charge in [-0.25, -0.2) is 0 Å². The number of aryl methyl sites for hydroxylation is 1. The zero-order chi connectivity index (χ0) is 18.7. The van der Waals surface area contributed by atoms with Gasteiger partial charge in [0.2, 0.25) is 0 Å². The maximum Gasteiger partial charge on any atom is 0.272 e. The SMILES string of the molecule is Cc1cccc(C(C)C)c1Nc1ccnc(C(=O)N2CCCC(C)C2)c1. The van der Waals surface area contributed by atoms with Gasteiger partial charge < -0.3 is 10.2 Å². The molecular weight excluding hydrogens is 322 g/mol. The third-order valence-electron chi connectivity index (χ3n) is 5.12. The molecule has 2 heterocycles. The molecule has 1 atom stereocenters. The van der Waals surface area contributed by atoms with E-state index in [2.05, 4.69) is 56.2 Å². The Hall–Kier alpha value is -2.36. The summed E-state index contributed by atoms with van der Waals surface area (Å²) in [5.41, 5.74) is 5.03. The zero-order valence-corrected chi connectivity index (χ0v) is 16.2. The molecule has 1 aromatic heterocycles. The first-order valence-electron chi connectivity index (χ1n) is 9.57. The molecule has 1 aliphatic rings. The number of para-hydroxylation sites is 1. The number of aromatic nitrogens is 1. The number of nitrogens with one attached hydrogen (secondary N) is 1. The van der Waals surface area contributed by atoms with E-state index in [1.54, 1.807) is 6.20 Å². The van der Waals surface area contributed by atoms with E-state index in [-0.39, 0.29) is 5.91 Å². The number of pyridine rings is 1. The van der Waals surface area contributed by atoms with Crippen LogP contribution in [0.25, 0.3) is 0 Å². The smallest absolute Gasteiger partial charge is 0.272 e. The summed E-state index contributed by atoms with van der Waals surface area (Å²) in [6.07, 6.45) is 3.99. The van der Waals surface area contributed by atoms with Gasteiger partial charge in [-0.2, -0.15) is 0 Å². The van der Waals surface area contributed by atoms with Crippen LogP contribution in [0.3, 0.4) is 0 Å². The summed E-state index contributed by atoms with van der Waals surface area (Å²) in [4.78, 5) is 19.1. The highest BCUT2D eigenvalue weighted by Crippen LogP contribution is 2.30. The van der Waals surface area contributed by atoms with Crippen molar-refractivity contribution in [2.24, 2.45) is 5.92 Å². The van der Waals surface area contributed by atoms with Crippen LogP contribution in [0.2, 0.25) is 0 Å². The van der Waals surface area contributed by atoms with Crippen LogP contribution in [0.1, 0.15) is 61.1 Å². The van der Waals surface area contributed by atoms with E-state index in [1.165, 1.54) is 17.5 Å². The Morgan fingerprint density at radius 3 is 2.85 bits per heavy atom. The summed E-state index contributed by atoms with van der Waals surface area (Å²) in [7, 11) is 0. The Morgan fingerprint density at radius 2 is 2.12 bits per heavy atom. The van der Waals surface area contributed by atoms with Gasteiger partial charge in [0.15, 0.2) is 0 Å². The first kappa shape index (κ1) is 18.4. The summed E-state index contributed by atoms with van der Waals surface area (Å²) < 4.78 is 0. The molecule has 0 spiro atoms. The normalized spacial score (nSPS) is 17.4. The fourth-order valence-corrected chi connectivity index (χ4v) is 3.65. The van der Waals surface area contributed by atoms with Crippen molar-refractivity contribution < 1.29 is 4.79 Å². The Balaban J connectivity index is 1.83. The monoisotopic (exact) mass is 351 g/mol. The Kier molecular flexibility index (Phi) is 5.60. The average molecular weight is 351 g/mol. The molecule has 0 radical (unpaired) electrons. The summed E-state index contributed by atoms with van der Waals surface area (Å²) >= 11 is 0. The number of anilines is 2. The molecule has 1 N–H and O–H groups in total. The second-order valence-electron chi connectivity index (χ2n) is 7.75. The number of hydrogen-bond donors (Lipinski definition) is 1. The molecule has 1 aliphatic heterocycles. The molecule has 2 aromatic rings. The number of benzene rings is 1. The average Bonchev–Trinajstić information content (AvgIpc) is 2.63. The highest BCUT2D eigenvalue weighted by molar-refractivity contribution is 5.93. The van der Waals surface area contributed by atoms with Gasteiger partial charge in [-0.1, -0.05) is 39.0 Å². The van der Waals surface area contributed by atoms with Gasteiger partial charge in [-0.15, -0.1) is 0 Å². The van der Waals surface area contributed by atoms with Crippen LogP contribution in [0.4, 0.5) is 11.4 Å². The molecule has 1 amide bonds. The van der Waals surface area contributed by atoms with Crippen LogP contribution < -0.4 is 5.32 Å². The molecule has 0 saturated carbocycles. The lowest BCUT2D eigenvalue weighted by Gasteiger charge is -2.30. The minimum atomic E-state index is 0.0362. The number of hydrogen-bond acceptors (Lipinski definition) is 3. The lowest BCUT2D eigenvalue weighted by Crippen LogP contribution is -2.39. The van der Waals surface area contributed by atoms with Gasteiger partial charge >= 0.3 is 0 Å². The molecule has 1 saturated heterocycles. The minimum Gasteiger partial charge on any atom is -0.355 e. The first-order chi connectivity index (χ1) is 12.5. The number of carbonyl (C=O) groups is 1. The molecule has 4 heteroatoms. The standard InChI is InChI=1S/C22H29N3O/c1-15(2)19-9-5-8-17(4)21(19)24-18-10-11-23-20(13-18)22(26)25-12-6-7-16(3)14-25/h5,8-11,13,15-16H,6-7,12,14H2,1-4H3,(H,23,24). The molecule has 4 nitrogen and oxygen atoms in total. The highest BCUT2D eigenvalue weighted by Gasteiger charge is 2.23. The highest BCUT2D eigenvalue weighted by atomic mass is 16.2. The number of piperidine rings is 1. The molecule has 1 aromatic carbocycles. The maximum absolute atomic E-state index is 12.8.